The third kappa shape index (κ3) is 16.2. The molecule has 0 aliphatic carbocycles. The Kier molecular flexibility index (Phi) is 23.7. The van der Waals surface area contributed by atoms with Gasteiger partial charge >= 0.3 is 12.3 Å². The maximum Gasteiger partial charge on any atom is 0.373 e. The van der Waals surface area contributed by atoms with Crippen molar-refractivity contribution < 1.29 is 38.9 Å². The molecule has 0 aliphatic rings. The Morgan fingerprint density at radius 2 is 0.800 bits per heavy atom. The maximum absolute atomic E-state index is 10.4. The lowest BCUT2D eigenvalue weighted by molar-refractivity contribution is -0.193. The van der Waals surface area contributed by atoms with Crippen molar-refractivity contribution in [3.05, 3.63) is 165 Å². The van der Waals surface area contributed by atoms with Gasteiger partial charge in [-0.3, -0.25) is 9.97 Å². The van der Waals surface area contributed by atoms with E-state index in [0.717, 1.165) is 60.3 Å². The van der Waals surface area contributed by atoms with Crippen molar-refractivity contribution in [1.82, 2.24) is 9.97 Å². The summed E-state index contributed by atoms with van der Waals surface area (Å²) in [6, 6.07) is 31.3. The van der Waals surface area contributed by atoms with Crippen LogP contribution in [-0.4, -0.2) is 57.9 Å². The van der Waals surface area contributed by atoms with Crippen LogP contribution in [0.5, 0.6) is 11.5 Å². The van der Waals surface area contributed by atoms with Gasteiger partial charge in [-0.25, -0.2) is 0 Å². The molecule has 0 amide bonds. The normalized spacial score (nSPS) is 12.2. The van der Waals surface area contributed by atoms with Crippen LogP contribution in [0.1, 0.15) is 157 Å². The molecular formula is C65H84N2O8. The Hall–Kier alpha value is -6.54. The van der Waals surface area contributed by atoms with Crippen LogP contribution in [0.2, 0.25) is 0 Å². The molecule has 0 saturated carbocycles. The summed E-state index contributed by atoms with van der Waals surface area (Å²) in [5, 5.41) is 20.7. The summed E-state index contributed by atoms with van der Waals surface area (Å²) in [5.41, 5.74) is 16.8. The monoisotopic (exact) mass is 1020 g/mol. The second-order valence-corrected chi connectivity index (χ2v) is 21.8. The molecule has 4 aromatic carbocycles. The van der Waals surface area contributed by atoms with Gasteiger partial charge < -0.3 is 19.7 Å². The number of nitrogens with zero attached hydrogens (tertiary/aromatic N) is 2. The topological polar surface area (TPSA) is 153 Å². The molecule has 2 N–H and O–H groups in total. The molecule has 0 spiro atoms. The van der Waals surface area contributed by atoms with Gasteiger partial charge in [0.25, 0.3) is 0 Å². The number of rotatable bonds is 17. The number of aromatic nitrogens is 2. The molecular weight excluding hydrogens is 937 g/mol. The lowest BCUT2D eigenvalue weighted by Gasteiger charge is -2.34. The fourth-order valence-corrected chi connectivity index (χ4v) is 9.62. The summed E-state index contributed by atoms with van der Waals surface area (Å²) in [7, 11) is 0. The van der Waals surface area contributed by atoms with E-state index in [9.17, 15) is 10.2 Å². The van der Waals surface area contributed by atoms with Crippen molar-refractivity contribution in [3.8, 4) is 33.8 Å². The molecule has 2 unspecified atom stereocenters. The minimum Gasteiger partial charge on any atom is -0.491 e. The van der Waals surface area contributed by atoms with Crippen LogP contribution in [0.3, 0.4) is 0 Å². The lowest BCUT2D eigenvalue weighted by atomic mass is 9.69. The average Bonchev–Trinajstić information content (AvgIpc) is 3.37. The summed E-state index contributed by atoms with van der Waals surface area (Å²) in [6.07, 6.45) is 12.3. The maximum atomic E-state index is 10.4. The number of ether oxygens (including phenoxy) is 2. The summed E-state index contributed by atoms with van der Waals surface area (Å²) in [6.45, 7) is 34.7. The molecule has 6 rings (SSSR count). The fourth-order valence-electron chi connectivity index (χ4n) is 9.62. The van der Waals surface area contributed by atoms with Crippen LogP contribution in [-0.2, 0) is 36.4 Å². The van der Waals surface area contributed by atoms with E-state index in [1.165, 1.54) is 61.2 Å². The minimum absolute atomic E-state index is 0.0671. The van der Waals surface area contributed by atoms with Gasteiger partial charge in [-0.1, -0.05) is 137 Å². The minimum atomic E-state index is -0.512. The zero-order valence-electron chi connectivity index (χ0n) is 47.7. The van der Waals surface area contributed by atoms with Gasteiger partial charge in [0, 0.05) is 46.7 Å². The zero-order valence-corrected chi connectivity index (χ0v) is 47.7. The van der Waals surface area contributed by atoms with E-state index >= 15 is 0 Å². The van der Waals surface area contributed by atoms with Crippen LogP contribution in [0.25, 0.3) is 22.3 Å². The summed E-state index contributed by atoms with van der Waals surface area (Å²) < 4.78 is 12.0. The number of carbonyl (C=O) groups excluding carboxylic acids is 4. The molecule has 6 aromatic rings. The van der Waals surface area contributed by atoms with Gasteiger partial charge in [-0.15, -0.1) is 0 Å². The van der Waals surface area contributed by atoms with Crippen LogP contribution in [0.15, 0.2) is 110 Å². The van der Waals surface area contributed by atoms with E-state index < -0.39 is 12.2 Å². The van der Waals surface area contributed by atoms with Gasteiger partial charge in [-0.2, -0.15) is 19.2 Å². The van der Waals surface area contributed by atoms with Gasteiger partial charge in [0.2, 0.25) is 0 Å². The molecule has 0 saturated heterocycles. The molecule has 75 heavy (non-hydrogen) atoms. The van der Waals surface area contributed by atoms with E-state index in [1.807, 2.05) is 66.3 Å². The Labute approximate surface area is 448 Å². The van der Waals surface area contributed by atoms with Crippen molar-refractivity contribution in [2.24, 2.45) is 10.8 Å². The molecule has 10 heteroatoms. The Morgan fingerprint density at radius 1 is 0.467 bits per heavy atom. The van der Waals surface area contributed by atoms with Crippen LogP contribution >= 0.6 is 0 Å². The number of aliphatic hydroxyl groups is 2. The van der Waals surface area contributed by atoms with E-state index in [4.69, 9.17) is 28.7 Å². The number of aliphatic hydroxyl groups excluding tert-OH is 2. The van der Waals surface area contributed by atoms with Crippen molar-refractivity contribution >= 4 is 12.3 Å². The van der Waals surface area contributed by atoms with E-state index in [-0.39, 0.29) is 34.0 Å². The van der Waals surface area contributed by atoms with Gasteiger partial charge in [0.05, 0.1) is 12.2 Å². The van der Waals surface area contributed by atoms with Crippen molar-refractivity contribution in [3.63, 3.8) is 0 Å². The molecule has 0 bridgehead atoms. The molecule has 2 atom stereocenters. The number of pyridine rings is 2. The number of hydrogen-bond acceptors (Lipinski definition) is 10. The predicted molar refractivity (Wildman–Crippen MR) is 300 cm³/mol. The van der Waals surface area contributed by atoms with Crippen LogP contribution in [0, 0.1) is 45.4 Å². The second kappa shape index (κ2) is 28.4. The highest BCUT2D eigenvalue weighted by molar-refractivity contribution is 5.69. The standard InChI is InChI=1S/C32H43NO2.C31H41NO2.2CO2/c1-9-24-18-25(20-33-19-24)28-14-12-26(16-22(28)4)32(10-2,11-3)27-13-15-29(23(5)17-27)35-21-30(34)31(6,7)8;1-9-31(10-2,25-11-13-27(22(4)16-25)24-15-21(3)18-32-19-24)26-12-14-28(23(5)17-26)34-20-29(33)30(6,7)8;2*2-1-3/h12-20,30,34H,9-11,21H2,1-8H3;11-19,29,33H,9-10,20H2,1-8H3;;. The summed E-state index contributed by atoms with van der Waals surface area (Å²) >= 11 is 0. The van der Waals surface area contributed by atoms with Crippen molar-refractivity contribution in [1.29, 1.82) is 0 Å². The Bertz CT molecular complexity index is 2820. The van der Waals surface area contributed by atoms with Gasteiger partial charge in [-0.05, 0) is 169 Å². The van der Waals surface area contributed by atoms with Crippen molar-refractivity contribution in [2.75, 3.05) is 13.2 Å². The number of benzene rings is 4. The summed E-state index contributed by atoms with van der Waals surface area (Å²) in [5.74, 6) is 1.68. The smallest absolute Gasteiger partial charge is 0.373 e. The third-order valence-electron chi connectivity index (χ3n) is 14.9. The van der Waals surface area contributed by atoms with Crippen molar-refractivity contribution in [2.45, 2.75) is 166 Å². The molecule has 0 radical (unpaired) electrons. The second-order valence-electron chi connectivity index (χ2n) is 21.8. The largest absolute Gasteiger partial charge is 0.491 e. The average molecular weight is 1020 g/mol. The van der Waals surface area contributed by atoms with Gasteiger partial charge in [0.15, 0.2) is 0 Å². The van der Waals surface area contributed by atoms with Gasteiger partial charge in [0.1, 0.15) is 24.7 Å². The highest BCUT2D eigenvalue weighted by Crippen LogP contribution is 2.44. The highest BCUT2D eigenvalue weighted by atomic mass is 16.5. The number of hydrogen-bond donors (Lipinski definition) is 2. The Morgan fingerprint density at radius 3 is 1.11 bits per heavy atom. The first-order valence-electron chi connectivity index (χ1n) is 26.3. The zero-order chi connectivity index (χ0) is 56.3. The molecule has 10 nitrogen and oxygen atoms in total. The van der Waals surface area contributed by atoms with E-state index in [1.54, 1.807) is 0 Å². The molecule has 2 heterocycles. The third-order valence-corrected chi connectivity index (χ3v) is 14.9. The quantitative estimate of drug-likeness (QED) is 0.0903. The number of aryl methyl sites for hydroxylation is 6. The first-order valence-corrected chi connectivity index (χ1v) is 26.3. The molecule has 0 aliphatic heterocycles. The molecule has 402 valence electrons. The molecule has 0 fully saturated rings. The SMILES string of the molecule is CCC(CC)(c1ccc(OCC(O)C(C)(C)C)c(C)c1)c1ccc(-c2cncc(C)c2)c(C)c1.CCc1cncc(-c2ccc(C(CC)(CC)c3ccc(OCC(O)C(C)(C)C)c(C)c3)cc2C)c1.O=C=O.O=C=O. The lowest BCUT2D eigenvalue weighted by Crippen LogP contribution is -2.32. The molecule has 2 aromatic heterocycles. The first-order chi connectivity index (χ1) is 35.4. The predicted octanol–water partition coefficient (Wildman–Crippen LogP) is 14.2. The fraction of sp³-hybridized carbons (Fsp3) is 0.446. The van der Waals surface area contributed by atoms with E-state index in [0.29, 0.717) is 13.2 Å². The van der Waals surface area contributed by atoms with E-state index in [2.05, 4.69) is 164 Å². The van der Waals surface area contributed by atoms with Crippen LogP contribution in [0.4, 0.5) is 0 Å². The first kappa shape index (κ1) is 62.8. The highest BCUT2D eigenvalue weighted by Gasteiger charge is 2.33. The van der Waals surface area contributed by atoms with Crippen LogP contribution < -0.4 is 9.47 Å². The Balaban J connectivity index is 0.000000358. The summed E-state index contributed by atoms with van der Waals surface area (Å²) in [4.78, 5) is 41.3.